The second kappa shape index (κ2) is 7.08. The topological polar surface area (TPSA) is 0 Å². The van der Waals surface area contributed by atoms with Gasteiger partial charge in [0.15, 0.2) is 0 Å². The molecule has 5 aliphatic carbocycles. The molecule has 0 aliphatic heterocycles. The van der Waals surface area contributed by atoms with Gasteiger partial charge in [-0.15, -0.1) is 0 Å². The Bertz CT molecular complexity index is 953. The Morgan fingerprint density at radius 1 is 0.862 bits per heavy atom. The normalized spacial score (nSPS) is 34.2. The molecule has 0 heterocycles. The van der Waals surface area contributed by atoms with Crippen molar-refractivity contribution >= 4 is 23.1 Å². The van der Waals surface area contributed by atoms with Crippen molar-refractivity contribution in [1.82, 2.24) is 0 Å². The van der Waals surface area contributed by atoms with Crippen LogP contribution in [0.4, 0.5) is 0 Å². The molecule has 4 fully saturated rings. The van der Waals surface area contributed by atoms with Gasteiger partial charge in [0.1, 0.15) is 0 Å². The van der Waals surface area contributed by atoms with Gasteiger partial charge in [0.05, 0.1) is 0 Å². The van der Waals surface area contributed by atoms with Crippen molar-refractivity contribution in [2.45, 2.75) is 54.5 Å². The fourth-order valence-corrected chi connectivity index (χ4v) is 13.2. The Balaban J connectivity index is 1.36. The first-order valence-electron chi connectivity index (χ1n) is 11.1. The molecule has 29 heavy (non-hydrogen) atoms. The van der Waals surface area contributed by atoms with Crippen LogP contribution in [0.5, 0.6) is 0 Å². The summed E-state index contributed by atoms with van der Waals surface area (Å²) in [6.07, 6.45) is 11.1. The van der Waals surface area contributed by atoms with Crippen molar-refractivity contribution in [2.24, 2.45) is 17.8 Å². The Morgan fingerprint density at radius 2 is 1.48 bits per heavy atom. The quantitative estimate of drug-likeness (QED) is 0.398. The molecule has 4 saturated carbocycles. The van der Waals surface area contributed by atoms with Crippen LogP contribution in [0.1, 0.15) is 65.8 Å². The predicted molar refractivity (Wildman–Crippen MR) is 120 cm³/mol. The zero-order chi connectivity index (χ0) is 19.8. The van der Waals surface area contributed by atoms with E-state index in [-0.39, 0.29) is 0 Å². The van der Waals surface area contributed by atoms with Crippen LogP contribution in [0.2, 0.25) is 0 Å². The summed E-state index contributed by atoms with van der Waals surface area (Å²) in [4.78, 5) is 0. The van der Waals surface area contributed by atoms with Crippen molar-refractivity contribution in [3.63, 3.8) is 0 Å². The molecule has 0 radical (unpaired) electrons. The molecule has 5 aliphatic rings. The number of benzene rings is 2. The van der Waals surface area contributed by atoms with Crippen molar-refractivity contribution < 1.29 is 19.4 Å². The average Bonchev–Trinajstić information content (AvgIpc) is 3.03. The van der Waals surface area contributed by atoms with Gasteiger partial charge < -0.3 is 0 Å². The van der Waals surface area contributed by atoms with E-state index in [1.54, 1.807) is 5.56 Å². The number of allylic oxidation sites excluding steroid dienone is 1. The van der Waals surface area contributed by atoms with Gasteiger partial charge in [-0.2, -0.15) is 0 Å². The molecule has 0 spiro atoms. The number of rotatable bonds is 3. The van der Waals surface area contributed by atoms with Crippen molar-refractivity contribution in [1.29, 1.82) is 0 Å². The molecular formula is C26H27Cl2Zr. The van der Waals surface area contributed by atoms with Gasteiger partial charge in [-0.05, 0) is 0 Å². The van der Waals surface area contributed by atoms with E-state index in [1.807, 2.05) is 0 Å². The first-order valence-corrected chi connectivity index (χ1v) is 18.9. The van der Waals surface area contributed by atoms with E-state index in [9.17, 15) is 0 Å². The molecule has 0 saturated heterocycles. The third-order valence-corrected chi connectivity index (χ3v) is 13.9. The van der Waals surface area contributed by atoms with Gasteiger partial charge in [-0.25, -0.2) is 0 Å². The van der Waals surface area contributed by atoms with Crippen LogP contribution in [0.25, 0.3) is 17.2 Å². The monoisotopic (exact) mass is 499 g/mol. The molecule has 0 aromatic heterocycles. The van der Waals surface area contributed by atoms with Gasteiger partial charge in [0, 0.05) is 0 Å². The zero-order valence-electron chi connectivity index (χ0n) is 16.9. The van der Waals surface area contributed by atoms with E-state index < -0.39 is 19.4 Å². The summed E-state index contributed by atoms with van der Waals surface area (Å²) in [5.74, 6) is 2.98. The Hall–Kier alpha value is -0.357. The zero-order valence-corrected chi connectivity index (χ0v) is 20.9. The van der Waals surface area contributed by atoms with Crippen molar-refractivity contribution in [2.75, 3.05) is 0 Å². The van der Waals surface area contributed by atoms with Crippen LogP contribution in [-0.2, 0) is 24.8 Å². The Labute approximate surface area is 189 Å². The van der Waals surface area contributed by atoms with Crippen molar-refractivity contribution in [3.8, 4) is 11.1 Å². The molecule has 1 atom stereocenters. The fourth-order valence-electron chi connectivity index (χ4n) is 7.56. The first kappa shape index (κ1) is 19.3. The van der Waals surface area contributed by atoms with Gasteiger partial charge in [0.2, 0.25) is 0 Å². The summed E-state index contributed by atoms with van der Waals surface area (Å²) in [6, 6.07) is 16.3. The predicted octanol–water partition coefficient (Wildman–Crippen LogP) is 8.21. The maximum absolute atomic E-state index is 6.50. The fraction of sp³-hybridized carbons (Fsp3) is 0.462. The number of hydrogen-bond donors (Lipinski definition) is 0. The van der Waals surface area contributed by atoms with Crippen LogP contribution in [-0.4, -0.2) is 0 Å². The van der Waals surface area contributed by atoms with Crippen LogP contribution in [0.15, 0.2) is 48.0 Å². The molecule has 2 aromatic carbocycles. The molecule has 0 N–H and O–H groups in total. The molecule has 0 nitrogen and oxygen atoms in total. The Morgan fingerprint density at radius 3 is 2.07 bits per heavy atom. The molecule has 1 unspecified atom stereocenters. The van der Waals surface area contributed by atoms with Crippen LogP contribution < -0.4 is 0 Å². The number of hydrogen-bond acceptors (Lipinski definition) is 0. The third-order valence-electron chi connectivity index (χ3n) is 8.34. The van der Waals surface area contributed by atoms with Crippen LogP contribution in [0.3, 0.4) is 0 Å². The first-order chi connectivity index (χ1) is 14.0. The van der Waals surface area contributed by atoms with E-state index >= 15 is 0 Å². The average molecular weight is 502 g/mol. The van der Waals surface area contributed by atoms with Gasteiger partial charge in [-0.3, -0.25) is 0 Å². The van der Waals surface area contributed by atoms with Gasteiger partial charge in [-0.1, -0.05) is 0 Å². The number of halogens is 2. The third kappa shape index (κ3) is 3.09. The maximum atomic E-state index is 6.50. The van der Waals surface area contributed by atoms with E-state index in [0.717, 1.165) is 17.8 Å². The summed E-state index contributed by atoms with van der Waals surface area (Å²) >= 11 is -2.38. The molecule has 149 valence electrons. The van der Waals surface area contributed by atoms with Crippen molar-refractivity contribution in [3.05, 3.63) is 64.7 Å². The van der Waals surface area contributed by atoms with Gasteiger partial charge in [0.25, 0.3) is 0 Å². The minimum atomic E-state index is -2.38. The van der Waals surface area contributed by atoms with E-state index in [1.165, 1.54) is 66.4 Å². The summed E-state index contributed by atoms with van der Waals surface area (Å²) < 4.78 is 0.307. The van der Waals surface area contributed by atoms with E-state index in [0.29, 0.717) is 9.04 Å². The summed E-state index contributed by atoms with van der Waals surface area (Å²) in [5, 5.41) is 0. The standard InChI is InChI=1S/C26H27.2ClH.Zr/c1-17-9-22-3-2-4-24(25(22)10-17)21-5-7-23(8-6-21)26-14-18-11-19(15-26)13-20(12-18)16-26;;;/h2-10,18-20H,11-16H2,1H3;2*1H;/q;;;+2/p-2. The molecular weight excluding hydrogens is 474 g/mol. The van der Waals surface area contributed by atoms with E-state index in [2.05, 4.69) is 55.5 Å². The Kier molecular flexibility index (Phi) is 4.72. The second-order valence-electron chi connectivity index (χ2n) is 10.2. The summed E-state index contributed by atoms with van der Waals surface area (Å²) in [5.41, 5.74) is 8.79. The number of fused-ring (bicyclic) bond motifs is 1. The van der Waals surface area contributed by atoms with E-state index in [4.69, 9.17) is 17.0 Å². The molecule has 0 amide bonds. The molecule has 4 bridgehead atoms. The summed E-state index contributed by atoms with van der Waals surface area (Å²) in [7, 11) is 13.0. The van der Waals surface area contributed by atoms with Crippen LogP contribution in [0, 0.1) is 17.8 Å². The molecule has 3 heteroatoms. The second-order valence-corrected chi connectivity index (χ2v) is 19.0. The molecule has 2 aromatic rings. The minimum absolute atomic E-state index is 0.307. The SMILES string of the molecule is CC1=Cc2c(-c3ccc(C45CC6CC(CC(C6)C4)C5)cc3)cccc2[CH]1[Zr]([Cl])[Cl]. The molecule has 7 rings (SSSR count). The summed E-state index contributed by atoms with van der Waals surface area (Å²) in [6.45, 7) is 2.19. The van der Waals surface area contributed by atoms with Crippen LogP contribution >= 0.6 is 17.0 Å². The van der Waals surface area contributed by atoms with Gasteiger partial charge >= 0.3 is 191 Å².